The summed E-state index contributed by atoms with van der Waals surface area (Å²) in [5, 5.41) is 0. The van der Waals surface area contributed by atoms with Gasteiger partial charge in [-0.15, -0.1) is 0 Å². The van der Waals surface area contributed by atoms with Crippen LogP contribution < -0.4 is 18.5 Å². The van der Waals surface area contributed by atoms with Gasteiger partial charge in [0, 0.05) is 13.1 Å². The van der Waals surface area contributed by atoms with Crippen molar-refractivity contribution in [3.63, 3.8) is 0 Å². The molecule has 10 heteroatoms. The molecule has 8 nitrogen and oxygen atoms in total. The molecule has 1 N–H and O–H groups in total. The van der Waals surface area contributed by atoms with Crippen LogP contribution in [0.25, 0.3) is 0 Å². The fraction of sp³-hybridized carbons (Fsp3) is 0.400. The maximum absolute atomic E-state index is 12.9. The molecule has 30 heavy (non-hydrogen) atoms. The van der Waals surface area contributed by atoms with E-state index in [0.717, 1.165) is 17.7 Å². The lowest BCUT2D eigenvalue weighted by Crippen LogP contribution is -2.38. The molecule has 0 atom stereocenters. The number of benzene rings is 2. The standard InChI is InChI=1S/C20H26N2O6S2/c1-27-18-8-5-16(6-9-18)11-12-21-30(25,26)20-15-17(7-10-19(20)28-2)22-13-3-4-14-29(22,23)24/h5-10,15,21H,3-4,11-14H2,1-2H3. The van der Waals surface area contributed by atoms with Gasteiger partial charge in [-0.3, -0.25) is 4.31 Å². The molecule has 0 radical (unpaired) electrons. The van der Waals surface area contributed by atoms with E-state index in [2.05, 4.69) is 4.72 Å². The summed E-state index contributed by atoms with van der Waals surface area (Å²) in [6.45, 7) is 0.517. The molecule has 1 aliphatic rings. The third-order valence-corrected chi connectivity index (χ3v) is 8.29. The van der Waals surface area contributed by atoms with Crippen molar-refractivity contribution in [3.8, 4) is 11.5 Å². The first-order valence-electron chi connectivity index (χ1n) is 9.58. The second-order valence-corrected chi connectivity index (χ2v) is 10.7. The van der Waals surface area contributed by atoms with Gasteiger partial charge in [-0.2, -0.15) is 0 Å². The van der Waals surface area contributed by atoms with Crippen LogP contribution in [0.3, 0.4) is 0 Å². The van der Waals surface area contributed by atoms with Gasteiger partial charge in [0.15, 0.2) is 0 Å². The topological polar surface area (TPSA) is 102 Å². The van der Waals surface area contributed by atoms with Crippen LogP contribution in [0.5, 0.6) is 11.5 Å². The summed E-state index contributed by atoms with van der Waals surface area (Å²) >= 11 is 0. The summed E-state index contributed by atoms with van der Waals surface area (Å²) in [4.78, 5) is -0.0852. The average Bonchev–Trinajstić information content (AvgIpc) is 2.73. The molecule has 0 aromatic heterocycles. The van der Waals surface area contributed by atoms with E-state index >= 15 is 0 Å². The number of methoxy groups -OCH3 is 2. The van der Waals surface area contributed by atoms with Gasteiger partial charge in [-0.05, 0) is 55.2 Å². The van der Waals surface area contributed by atoms with Gasteiger partial charge in [0.2, 0.25) is 20.0 Å². The highest BCUT2D eigenvalue weighted by Gasteiger charge is 2.28. The predicted molar refractivity (Wildman–Crippen MR) is 115 cm³/mol. The summed E-state index contributed by atoms with van der Waals surface area (Å²) < 4.78 is 64.8. The van der Waals surface area contributed by atoms with E-state index < -0.39 is 20.0 Å². The minimum atomic E-state index is -3.91. The third-order valence-electron chi connectivity index (χ3n) is 4.94. The Bertz CT molecular complexity index is 1080. The zero-order chi connectivity index (χ0) is 21.8. The number of anilines is 1. The Morgan fingerprint density at radius 1 is 1.03 bits per heavy atom. The quantitative estimate of drug-likeness (QED) is 0.656. The van der Waals surface area contributed by atoms with E-state index in [9.17, 15) is 16.8 Å². The van der Waals surface area contributed by atoms with Gasteiger partial charge in [0.05, 0.1) is 25.7 Å². The first kappa shape index (κ1) is 22.4. The number of nitrogens with zero attached hydrogens (tertiary/aromatic N) is 1. The largest absolute Gasteiger partial charge is 0.497 e. The zero-order valence-corrected chi connectivity index (χ0v) is 18.6. The first-order valence-corrected chi connectivity index (χ1v) is 12.7. The molecular formula is C20H26N2O6S2. The number of nitrogens with one attached hydrogen (secondary N) is 1. The average molecular weight is 455 g/mol. The summed E-state index contributed by atoms with van der Waals surface area (Å²) in [6, 6.07) is 11.8. The van der Waals surface area contributed by atoms with E-state index in [1.165, 1.54) is 23.5 Å². The normalized spacial score (nSPS) is 16.3. The number of ether oxygens (including phenoxy) is 2. The van der Waals surface area contributed by atoms with Crippen molar-refractivity contribution < 1.29 is 26.3 Å². The van der Waals surface area contributed by atoms with E-state index in [1.54, 1.807) is 13.2 Å². The fourth-order valence-corrected chi connectivity index (χ4v) is 6.16. The third kappa shape index (κ3) is 5.05. The highest BCUT2D eigenvalue weighted by atomic mass is 32.2. The molecule has 0 bridgehead atoms. The molecule has 0 unspecified atom stereocenters. The van der Waals surface area contributed by atoms with Crippen LogP contribution in [0.4, 0.5) is 5.69 Å². The highest BCUT2D eigenvalue weighted by molar-refractivity contribution is 7.92. The van der Waals surface area contributed by atoms with Crippen LogP contribution in [0.2, 0.25) is 0 Å². The van der Waals surface area contributed by atoms with Gasteiger partial charge >= 0.3 is 0 Å². The number of sulfonamides is 2. The SMILES string of the molecule is COc1ccc(CCNS(=O)(=O)c2cc(N3CCCCS3(=O)=O)ccc2OC)cc1. The second kappa shape index (κ2) is 9.23. The van der Waals surface area contributed by atoms with Crippen molar-refractivity contribution in [1.29, 1.82) is 0 Å². The summed E-state index contributed by atoms with van der Waals surface area (Å²) in [7, 11) is -4.39. The van der Waals surface area contributed by atoms with E-state index in [0.29, 0.717) is 25.1 Å². The second-order valence-electron chi connectivity index (χ2n) is 6.93. The van der Waals surface area contributed by atoms with Gasteiger partial charge < -0.3 is 9.47 Å². The Balaban J connectivity index is 1.79. The van der Waals surface area contributed by atoms with E-state index in [4.69, 9.17) is 9.47 Å². The monoisotopic (exact) mass is 454 g/mol. The van der Waals surface area contributed by atoms with Crippen LogP contribution in [-0.2, 0) is 26.5 Å². The van der Waals surface area contributed by atoms with E-state index in [1.807, 2.05) is 24.3 Å². The lowest BCUT2D eigenvalue weighted by Gasteiger charge is -2.28. The van der Waals surface area contributed by atoms with Gasteiger partial charge in [-0.1, -0.05) is 12.1 Å². The smallest absolute Gasteiger partial charge is 0.244 e. The lowest BCUT2D eigenvalue weighted by molar-refractivity contribution is 0.402. The van der Waals surface area contributed by atoms with Gasteiger partial charge in [0.25, 0.3) is 0 Å². The molecular weight excluding hydrogens is 428 g/mol. The van der Waals surface area contributed by atoms with Crippen LogP contribution in [0, 0.1) is 0 Å². The maximum atomic E-state index is 12.9. The molecule has 164 valence electrons. The van der Waals surface area contributed by atoms with E-state index in [-0.39, 0.29) is 22.9 Å². The Morgan fingerprint density at radius 3 is 2.40 bits per heavy atom. The fourth-order valence-electron chi connectivity index (χ4n) is 3.31. The number of rotatable bonds is 8. The molecule has 0 saturated carbocycles. The highest BCUT2D eigenvalue weighted by Crippen LogP contribution is 2.31. The van der Waals surface area contributed by atoms with Crippen molar-refractivity contribution in [2.45, 2.75) is 24.2 Å². The van der Waals surface area contributed by atoms with Crippen LogP contribution in [0.1, 0.15) is 18.4 Å². The number of hydrogen-bond donors (Lipinski definition) is 1. The van der Waals surface area contributed by atoms with Crippen molar-refractivity contribution in [3.05, 3.63) is 48.0 Å². The Hall–Kier alpha value is -2.30. The van der Waals surface area contributed by atoms with Crippen molar-refractivity contribution in [2.24, 2.45) is 0 Å². The van der Waals surface area contributed by atoms with Gasteiger partial charge in [-0.25, -0.2) is 21.6 Å². The number of hydrogen-bond acceptors (Lipinski definition) is 6. The van der Waals surface area contributed by atoms with Crippen LogP contribution in [-0.4, -0.2) is 49.9 Å². The molecule has 0 amide bonds. The zero-order valence-electron chi connectivity index (χ0n) is 17.0. The molecule has 0 spiro atoms. The van der Waals surface area contributed by atoms with Crippen molar-refractivity contribution in [2.75, 3.05) is 37.4 Å². The molecule has 2 aromatic rings. The molecule has 3 rings (SSSR count). The summed E-state index contributed by atoms with van der Waals surface area (Å²) in [5.74, 6) is 0.944. The minimum absolute atomic E-state index is 0.0568. The molecule has 1 fully saturated rings. The Morgan fingerprint density at radius 2 is 1.77 bits per heavy atom. The summed E-state index contributed by atoms with van der Waals surface area (Å²) in [5.41, 5.74) is 1.28. The minimum Gasteiger partial charge on any atom is -0.497 e. The first-order chi connectivity index (χ1) is 14.3. The lowest BCUT2D eigenvalue weighted by atomic mass is 10.1. The van der Waals surface area contributed by atoms with Gasteiger partial charge in [0.1, 0.15) is 16.4 Å². The summed E-state index contributed by atoms with van der Waals surface area (Å²) in [6.07, 6.45) is 1.83. The molecule has 2 aromatic carbocycles. The Labute approximate surface area is 177 Å². The maximum Gasteiger partial charge on any atom is 0.244 e. The van der Waals surface area contributed by atoms with Crippen molar-refractivity contribution >= 4 is 25.7 Å². The molecule has 1 heterocycles. The van der Waals surface area contributed by atoms with Crippen LogP contribution >= 0.6 is 0 Å². The predicted octanol–water partition coefficient (Wildman–Crippen LogP) is 2.15. The van der Waals surface area contributed by atoms with Crippen LogP contribution in [0.15, 0.2) is 47.4 Å². The molecule has 0 aliphatic carbocycles. The molecule has 1 aliphatic heterocycles. The molecule has 1 saturated heterocycles. The Kier molecular flexibility index (Phi) is 6.89. The van der Waals surface area contributed by atoms with Crippen molar-refractivity contribution in [1.82, 2.24) is 4.72 Å².